The van der Waals surface area contributed by atoms with Gasteiger partial charge < -0.3 is 14.7 Å². The highest BCUT2D eigenvalue weighted by molar-refractivity contribution is 6.03. The van der Waals surface area contributed by atoms with Gasteiger partial charge >= 0.3 is 6.03 Å². The lowest BCUT2D eigenvalue weighted by atomic mass is 10.1. The minimum atomic E-state index is -0.695. The van der Waals surface area contributed by atoms with Crippen molar-refractivity contribution < 1.29 is 14.0 Å². The van der Waals surface area contributed by atoms with E-state index in [1.165, 1.54) is 16.5 Å². The molecule has 8 nitrogen and oxygen atoms in total. The van der Waals surface area contributed by atoms with Crippen molar-refractivity contribution in [2.24, 2.45) is 4.99 Å². The van der Waals surface area contributed by atoms with Gasteiger partial charge in [0, 0.05) is 51.9 Å². The van der Waals surface area contributed by atoms with Gasteiger partial charge in [0.2, 0.25) is 0 Å². The smallest absolute Gasteiger partial charge is 0.325 e. The summed E-state index contributed by atoms with van der Waals surface area (Å²) >= 11 is 0. The molecule has 182 valence electrons. The van der Waals surface area contributed by atoms with Crippen LogP contribution in [0, 0.1) is 5.82 Å². The Bertz CT molecular complexity index is 1150. The first-order valence-corrected chi connectivity index (χ1v) is 11.9. The van der Waals surface area contributed by atoms with Crippen LogP contribution < -0.4 is 5.32 Å². The SMILES string of the molecule is CN1C(=O)NC(=O)C2C1N=C(N1CCN(C/C=C/c3ccccc3)CC1)N2Cc1ccccc1F. The second kappa shape index (κ2) is 9.87. The van der Waals surface area contributed by atoms with Crippen molar-refractivity contribution in [3.8, 4) is 0 Å². The van der Waals surface area contributed by atoms with Crippen molar-refractivity contribution in [3.05, 3.63) is 77.6 Å². The van der Waals surface area contributed by atoms with Gasteiger partial charge in [0.25, 0.3) is 5.91 Å². The Hall–Kier alpha value is -3.72. The first-order valence-electron chi connectivity index (χ1n) is 11.9. The molecule has 9 heteroatoms. The van der Waals surface area contributed by atoms with Gasteiger partial charge in [-0.1, -0.05) is 60.7 Å². The molecule has 2 aromatic carbocycles. The molecule has 0 bridgehead atoms. The van der Waals surface area contributed by atoms with Crippen LogP contribution in [0.2, 0.25) is 0 Å². The molecule has 0 radical (unpaired) electrons. The molecule has 0 aliphatic carbocycles. The van der Waals surface area contributed by atoms with Crippen LogP contribution in [-0.2, 0) is 11.3 Å². The Labute approximate surface area is 204 Å². The van der Waals surface area contributed by atoms with Gasteiger partial charge in [-0.3, -0.25) is 15.0 Å². The number of benzene rings is 2. The number of fused-ring (bicyclic) bond motifs is 1. The van der Waals surface area contributed by atoms with E-state index in [9.17, 15) is 14.0 Å². The normalized spacial score (nSPS) is 23.0. The van der Waals surface area contributed by atoms with Crippen molar-refractivity contribution in [2.45, 2.75) is 18.8 Å². The summed E-state index contributed by atoms with van der Waals surface area (Å²) in [6, 6.07) is 15.6. The standard InChI is InChI=1S/C26H29FN6O2/c1-30-23-22(24(34)29-26(30)35)33(18-20-11-5-6-12-21(20)27)25(28-23)32-16-14-31(15-17-32)13-7-10-19-8-3-2-4-9-19/h2-12,22-23H,13-18H2,1H3,(H,29,34,35)/b10-7+. The summed E-state index contributed by atoms with van der Waals surface area (Å²) < 4.78 is 14.5. The van der Waals surface area contributed by atoms with E-state index in [2.05, 4.69) is 39.4 Å². The zero-order valence-electron chi connectivity index (χ0n) is 19.7. The van der Waals surface area contributed by atoms with Crippen LogP contribution in [0.15, 0.2) is 65.7 Å². The number of halogens is 1. The van der Waals surface area contributed by atoms with Gasteiger partial charge in [-0.25, -0.2) is 14.2 Å². The molecular formula is C26H29FN6O2. The summed E-state index contributed by atoms with van der Waals surface area (Å²) in [5.41, 5.74) is 1.66. The zero-order chi connectivity index (χ0) is 24.4. The van der Waals surface area contributed by atoms with Crippen molar-refractivity contribution in [3.63, 3.8) is 0 Å². The highest BCUT2D eigenvalue weighted by atomic mass is 19.1. The number of carbonyl (C=O) groups is 2. The van der Waals surface area contributed by atoms with Crippen molar-refractivity contribution in [1.29, 1.82) is 0 Å². The average molecular weight is 477 g/mol. The minimum Gasteiger partial charge on any atom is -0.340 e. The van der Waals surface area contributed by atoms with E-state index in [-0.39, 0.29) is 12.4 Å². The van der Waals surface area contributed by atoms with Crippen molar-refractivity contribution in [2.75, 3.05) is 39.8 Å². The number of nitrogens with one attached hydrogen (secondary N) is 1. The number of nitrogens with zero attached hydrogens (tertiary/aromatic N) is 5. The molecule has 35 heavy (non-hydrogen) atoms. The van der Waals surface area contributed by atoms with Crippen LogP contribution in [0.4, 0.5) is 9.18 Å². The van der Waals surface area contributed by atoms with E-state index in [1.54, 1.807) is 25.2 Å². The summed E-state index contributed by atoms with van der Waals surface area (Å²) in [6.45, 7) is 4.17. The summed E-state index contributed by atoms with van der Waals surface area (Å²) in [5.74, 6) is -0.0942. The number of hydrogen-bond acceptors (Lipinski definition) is 6. The molecule has 3 heterocycles. The summed E-state index contributed by atoms with van der Waals surface area (Å²) in [7, 11) is 1.63. The van der Waals surface area contributed by atoms with Gasteiger partial charge in [-0.15, -0.1) is 0 Å². The summed E-state index contributed by atoms with van der Waals surface area (Å²) in [4.78, 5) is 37.6. The number of rotatable bonds is 5. The van der Waals surface area contributed by atoms with Gasteiger partial charge in [-0.05, 0) is 11.6 Å². The van der Waals surface area contributed by atoms with Crippen LogP contribution in [0.5, 0.6) is 0 Å². The monoisotopic (exact) mass is 476 g/mol. The number of urea groups is 1. The number of likely N-dealkylation sites (N-methyl/N-ethyl adjacent to an activating group) is 1. The molecule has 5 rings (SSSR count). The van der Waals surface area contributed by atoms with Gasteiger partial charge in [0.1, 0.15) is 5.82 Å². The maximum absolute atomic E-state index is 14.5. The predicted molar refractivity (Wildman–Crippen MR) is 132 cm³/mol. The number of guanidine groups is 1. The third kappa shape index (κ3) is 4.77. The molecule has 3 aliphatic heterocycles. The first-order chi connectivity index (χ1) is 17.0. The van der Waals surface area contributed by atoms with E-state index in [0.717, 1.165) is 32.7 Å². The maximum Gasteiger partial charge on any atom is 0.325 e. The number of amides is 3. The number of imide groups is 1. The second-order valence-corrected chi connectivity index (χ2v) is 9.01. The number of piperazine rings is 1. The molecule has 2 unspecified atom stereocenters. The second-order valence-electron chi connectivity index (χ2n) is 9.01. The highest BCUT2D eigenvalue weighted by Crippen LogP contribution is 2.28. The molecule has 3 aliphatic rings. The number of carbonyl (C=O) groups excluding carboxylic acids is 2. The third-order valence-corrected chi connectivity index (χ3v) is 6.77. The molecular weight excluding hydrogens is 447 g/mol. The van der Waals surface area contributed by atoms with Crippen LogP contribution in [-0.4, -0.2) is 89.5 Å². The van der Waals surface area contributed by atoms with Crippen LogP contribution in [0.3, 0.4) is 0 Å². The van der Waals surface area contributed by atoms with Crippen LogP contribution in [0.1, 0.15) is 11.1 Å². The lowest BCUT2D eigenvalue weighted by Crippen LogP contribution is -2.64. The molecule has 3 amide bonds. The summed E-state index contributed by atoms with van der Waals surface area (Å²) in [5, 5.41) is 2.40. The van der Waals surface area contributed by atoms with Crippen molar-refractivity contribution >= 4 is 24.0 Å². The lowest BCUT2D eigenvalue weighted by Gasteiger charge is -2.40. The van der Waals surface area contributed by atoms with E-state index < -0.39 is 24.1 Å². The van der Waals surface area contributed by atoms with Gasteiger partial charge in [0.15, 0.2) is 18.2 Å². The third-order valence-electron chi connectivity index (χ3n) is 6.77. The quantitative estimate of drug-likeness (QED) is 0.717. The minimum absolute atomic E-state index is 0.197. The maximum atomic E-state index is 14.5. The molecule has 2 saturated heterocycles. The average Bonchev–Trinajstić information content (AvgIpc) is 3.25. The number of aliphatic imine (C=N–C) groups is 1. The Morgan fingerprint density at radius 2 is 1.74 bits per heavy atom. The van der Waals surface area contributed by atoms with Crippen LogP contribution in [0.25, 0.3) is 6.08 Å². The Kier molecular flexibility index (Phi) is 6.50. The van der Waals surface area contributed by atoms with E-state index in [4.69, 9.17) is 4.99 Å². The highest BCUT2D eigenvalue weighted by Gasteiger charge is 2.50. The predicted octanol–water partition coefficient (Wildman–Crippen LogP) is 2.20. The summed E-state index contributed by atoms with van der Waals surface area (Å²) in [6.07, 6.45) is 3.66. The molecule has 0 aromatic heterocycles. The molecule has 2 aromatic rings. The van der Waals surface area contributed by atoms with Gasteiger partial charge in [-0.2, -0.15) is 0 Å². The topological polar surface area (TPSA) is 71.5 Å². The molecule has 2 fully saturated rings. The zero-order valence-corrected chi connectivity index (χ0v) is 19.7. The largest absolute Gasteiger partial charge is 0.340 e. The Morgan fingerprint density at radius 1 is 1.03 bits per heavy atom. The number of hydrogen-bond donors (Lipinski definition) is 1. The Balaban J connectivity index is 1.30. The molecule has 1 N–H and O–H groups in total. The van der Waals surface area contributed by atoms with Crippen LogP contribution >= 0.6 is 0 Å². The first kappa shape index (κ1) is 23.0. The van der Waals surface area contributed by atoms with E-state index >= 15 is 0 Å². The fourth-order valence-corrected chi connectivity index (χ4v) is 4.79. The fraction of sp³-hybridized carbons (Fsp3) is 0.346. The molecule has 2 atom stereocenters. The molecule has 0 spiro atoms. The Morgan fingerprint density at radius 3 is 2.49 bits per heavy atom. The molecule has 0 saturated carbocycles. The van der Waals surface area contributed by atoms with Crippen molar-refractivity contribution in [1.82, 2.24) is 24.9 Å². The van der Waals surface area contributed by atoms with E-state index in [0.29, 0.717) is 11.5 Å². The fourth-order valence-electron chi connectivity index (χ4n) is 4.79. The lowest BCUT2D eigenvalue weighted by molar-refractivity contribution is -0.127. The van der Waals surface area contributed by atoms with E-state index in [1.807, 2.05) is 23.1 Å². The van der Waals surface area contributed by atoms with Gasteiger partial charge in [0.05, 0.1) is 0 Å².